The van der Waals surface area contributed by atoms with Crippen molar-refractivity contribution in [1.29, 1.82) is 0 Å². The van der Waals surface area contributed by atoms with Crippen molar-refractivity contribution >= 4 is 17.5 Å². The van der Waals surface area contributed by atoms with Crippen LogP contribution in [0.2, 0.25) is 5.02 Å². The molecule has 0 spiro atoms. The van der Waals surface area contributed by atoms with E-state index >= 15 is 0 Å². The van der Waals surface area contributed by atoms with Crippen molar-refractivity contribution in [3.8, 4) is 11.5 Å². The third-order valence-corrected chi connectivity index (χ3v) is 3.74. The maximum Gasteiger partial charge on any atom is 0.220 e. The standard InChI is InChI=1S/C18H20ClNO3/c1-22-16-9-5-14(11-17(16)23-2)12-20-18(21)10-6-13-3-7-15(19)8-4-13/h3-5,7-9,11H,6,10,12H2,1-2H3,(H,20,21). The summed E-state index contributed by atoms with van der Waals surface area (Å²) in [6.45, 7) is 0.458. The first kappa shape index (κ1) is 17.2. The molecule has 0 saturated carbocycles. The maximum atomic E-state index is 11.9. The molecule has 0 aliphatic heterocycles. The molecule has 0 aliphatic rings. The summed E-state index contributed by atoms with van der Waals surface area (Å²) in [4.78, 5) is 11.9. The Bertz CT molecular complexity index is 656. The molecule has 0 fully saturated rings. The summed E-state index contributed by atoms with van der Waals surface area (Å²) in [5.41, 5.74) is 2.05. The van der Waals surface area contributed by atoms with Gasteiger partial charge in [-0.05, 0) is 41.8 Å². The second-order valence-electron chi connectivity index (χ2n) is 5.09. The molecule has 0 bridgehead atoms. The molecule has 2 aromatic rings. The van der Waals surface area contributed by atoms with E-state index in [4.69, 9.17) is 21.1 Å². The number of rotatable bonds is 7. The zero-order chi connectivity index (χ0) is 16.7. The highest BCUT2D eigenvalue weighted by Gasteiger charge is 2.06. The van der Waals surface area contributed by atoms with Crippen LogP contribution in [0.25, 0.3) is 0 Å². The van der Waals surface area contributed by atoms with Crippen LogP contribution in [0.5, 0.6) is 11.5 Å². The van der Waals surface area contributed by atoms with Crippen LogP contribution in [-0.2, 0) is 17.8 Å². The van der Waals surface area contributed by atoms with Crippen LogP contribution < -0.4 is 14.8 Å². The summed E-state index contributed by atoms with van der Waals surface area (Å²) in [5.74, 6) is 1.33. The van der Waals surface area contributed by atoms with Crippen molar-refractivity contribution in [3.05, 3.63) is 58.6 Å². The first-order valence-corrected chi connectivity index (χ1v) is 7.72. The molecule has 2 aromatic carbocycles. The van der Waals surface area contributed by atoms with Crippen molar-refractivity contribution in [3.63, 3.8) is 0 Å². The Hall–Kier alpha value is -2.20. The molecule has 0 unspecified atom stereocenters. The Kier molecular flexibility index (Phi) is 6.29. The molecule has 0 aliphatic carbocycles. The zero-order valence-electron chi connectivity index (χ0n) is 13.3. The smallest absolute Gasteiger partial charge is 0.220 e. The van der Waals surface area contributed by atoms with E-state index in [1.807, 2.05) is 42.5 Å². The molecule has 1 N–H and O–H groups in total. The first-order valence-electron chi connectivity index (χ1n) is 7.34. The first-order chi connectivity index (χ1) is 11.1. The Morgan fingerprint density at radius 1 is 1.00 bits per heavy atom. The quantitative estimate of drug-likeness (QED) is 0.842. The van der Waals surface area contributed by atoms with Gasteiger partial charge >= 0.3 is 0 Å². The maximum absolute atomic E-state index is 11.9. The lowest BCUT2D eigenvalue weighted by Gasteiger charge is -2.10. The highest BCUT2D eigenvalue weighted by molar-refractivity contribution is 6.30. The van der Waals surface area contributed by atoms with Gasteiger partial charge in [-0.1, -0.05) is 29.8 Å². The highest BCUT2D eigenvalue weighted by atomic mass is 35.5. The van der Waals surface area contributed by atoms with Gasteiger partial charge in [0.2, 0.25) is 5.91 Å². The minimum atomic E-state index is 0.00901. The number of methoxy groups -OCH3 is 2. The Labute approximate surface area is 141 Å². The third kappa shape index (κ3) is 5.18. The molecular weight excluding hydrogens is 314 g/mol. The van der Waals surface area contributed by atoms with E-state index in [1.165, 1.54) is 0 Å². The van der Waals surface area contributed by atoms with Crippen LogP contribution in [0.1, 0.15) is 17.5 Å². The molecule has 2 rings (SSSR count). The summed E-state index contributed by atoms with van der Waals surface area (Å²) < 4.78 is 10.4. The normalized spacial score (nSPS) is 10.2. The van der Waals surface area contributed by atoms with Gasteiger partial charge in [-0.15, -0.1) is 0 Å². The van der Waals surface area contributed by atoms with Gasteiger partial charge in [0.25, 0.3) is 0 Å². The molecule has 0 radical (unpaired) electrons. The fraction of sp³-hybridized carbons (Fsp3) is 0.278. The lowest BCUT2D eigenvalue weighted by atomic mass is 10.1. The van der Waals surface area contributed by atoms with Crippen molar-refractivity contribution in [1.82, 2.24) is 5.32 Å². The molecule has 4 nitrogen and oxygen atoms in total. The van der Waals surface area contributed by atoms with Crippen molar-refractivity contribution < 1.29 is 14.3 Å². The molecule has 122 valence electrons. The van der Waals surface area contributed by atoms with Crippen LogP contribution in [0.3, 0.4) is 0 Å². The second kappa shape index (κ2) is 8.44. The predicted molar refractivity (Wildman–Crippen MR) is 91.2 cm³/mol. The van der Waals surface area contributed by atoms with E-state index in [1.54, 1.807) is 14.2 Å². The van der Waals surface area contributed by atoms with Gasteiger partial charge in [0.05, 0.1) is 14.2 Å². The number of amides is 1. The van der Waals surface area contributed by atoms with Crippen LogP contribution in [0, 0.1) is 0 Å². The SMILES string of the molecule is COc1ccc(CNC(=O)CCc2ccc(Cl)cc2)cc1OC. The van der Waals surface area contributed by atoms with E-state index in [0.717, 1.165) is 11.1 Å². The molecular formula is C18H20ClNO3. The lowest BCUT2D eigenvalue weighted by Crippen LogP contribution is -2.23. The molecule has 1 amide bonds. The van der Waals surface area contributed by atoms with Crippen molar-refractivity contribution in [2.75, 3.05) is 14.2 Å². The summed E-state index contributed by atoms with van der Waals surface area (Å²) in [6.07, 6.45) is 1.13. The van der Waals surface area contributed by atoms with Gasteiger partial charge in [-0.3, -0.25) is 4.79 Å². The topological polar surface area (TPSA) is 47.6 Å². The Morgan fingerprint density at radius 3 is 2.30 bits per heavy atom. The van der Waals surface area contributed by atoms with Gasteiger partial charge in [0, 0.05) is 18.0 Å². The largest absolute Gasteiger partial charge is 0.493 e. The molecule has 0 aromatic heterocycles. The fourth-order valence-corrected chi connectivity index (χ4v) is 2.31. The molecule has 5 heteroatoms. The average Bonchev–Trinajstić information content (AvgIpc) is 2.59. The van der Waals surface area contributed by atoms with E-state index in [2.05, 4.69) is 5.32 Å². The Balaban J connectivity index is 1.83. The molecule has 0 heterocycles. The summed E-state index contributed by atoms with van der Waals surface area (Å²) in [5, 5.41) is 3.61. The second-order valence-corrected chi connectivity index (χ2v) is 5.53. The van der Waals surface area contributed by atoms with Gasteiger partial charge in [0.1, 0.15) is 0 Å². The number of aryl methyl sites for hydroxylation is 1. The lowest BCUT2D eigenvalue weighted by molar-refractivity contribution is -0.121. The number of carbonyl (C=O) groups is 1. The summed E-state index contributed by atoms with van der Waals surface area (Å²) in [7, 11) is 3.18. The number of nitrogens with one attached hydrogen (secondary N) is 1. The van der Waals surface area contributed by atoms with Crippen LogP contribution in [0.4, 0.5) is 0 Å². The van der Waals surface area contributed by atoms with Gasteiger partial charge in [-0.25, -0.2) is 0 Å². The third-order valence-electron chi connectivity index (χ3n) is 3.49. The number of ether oxygens (including phenoxy) is 2. The molecule has 0 saturated heterocycles. The van der Waals surface area contributed by atoms with E-state index in [9.17, 15) is 4.79 Å². The zero-order valence-corrected chi connectivity index (χ0v) is 14.0. The number of carbonyl (C=O) groups excluding carboxylic acids is 1. The average molecular weight is 334 g/mol. The van der Waals surface area contributed by atoms with Crippen LogP contribution in [-0.4, -0.2) is 20.1 Å². The van der Waals surface area contributed by atoms with Gasteiger partial charge in [0.15, 0.2) is 11.5 Å². The highest BCUT2D eigenvalue weighted by Crippen LogP contribution is 2.27. The van der Waals surface area contributed by atoms with Gasteiger partial charge in [-0.2, -0.15) is 0 Å². The van der Waals surface area contributed by atoms with E-state index in [0.29, 0.717) is 35.9 Å². The number of halogens is 1. The molecule has 0 atom stereocenters. The summed E-state index contributed by atoms with van der Waals surface area (Å²) >= 11 is 5.84. The number of hydrogen-bond acceptors (Lipinski definition) is 3. The Morgan fingerprint density at radius 2 is 1.65 bits per heavy atom. The fourth-order valence-electron chi connectivity index (χ4n) is 2.19. The molecule has 23 heavy (non-hydrogen) atoms. The number of benzene rings is 2. The van der Waals surface area contributed by atoms with E-state index in [-0.39, 0.29) is 5.91 Å². The van der Waals surface area contributed by atoms with Crippen molar-refractivity contribution in [2.24, 2.45) is 0 Å². The minimum absolute atomic E-state index is 0.00901. The number of hydrogen-bond donors (Lipinski definition) is 1. The van der Waals surface area contributed by atoms with Crippen LogP contribution in [0.15, 0.2) is 42.5 Å². The minimum Gasteiger partial charge on any atom is -0.493 e. The van der Waals surface area contributed by atoms with Crippen molar-refractivity contribution in [2.45, 2.75) is 19.4 Å². The van der Waals surface area contributed by atoms with Gasteiger partial charge < -0.3 is 14.8 Å². The van der Waals surface area contributed by atoms with Crippen LogP contribution >= 0.6 is 11.6 Å². The monoisotopic (exact) mass is 333 g/mol. The van der Waals surface area contributed by atoms with E-state index < -0.39 is 0 Å². The summed E-state index contributed by atoms with van der Waals surface area (Å²) in [6, 6.07) is 13.1. The predicted octanol–water partition coefficient (Wildman–Crippen LogP) is 3.61.